The summed E-state index contributed by atoms with van der Waals surface area (Å²) >= 11 is 5.50. The van der Waals surface area contributed by atoms with Crippen LogP contribution >= 0.6 is 11.6 Å². The van der Waals surface area contributed by atoms with Gasteiger partial charge in [-0.15, -0.1) is 11.6 Å². The largest absolute Gasteiger partial charge is 0.392 e. The molecule has 0 amide bonds. The van der Waals surface area contributed by atoms with Gasteiger partial charge in [-0.3, -0.25) is 0 Å². The van der Waals surface area contributed by atoms with Crippen LogP contribution in [0.1, 0.15) is 6.42 Å². The van der Waals surface area contributed by atoms with Gasteiger partial charge in [-0.2, -0.15) is 0 Å². The molecule has 1 aliphatic rings. The number of rotatable bonds is 1. The van der Waals surface area contributed by atoms with Crippen molar-refractivity contribution >= 4 is 11.6 Å². The zero-order valence-corrected chi connectivity index (χ0v) is 5.36. The highest BCUT2D eigenvalue weighted by Crippen LogP contribution is 2.06. The van der Waals surface area contributed by atoms with Gasteiger partial charge < -0.3 is 10.4 Å². The number of aliphatic hydroxyl groups is 1. The van der Waals surface area contributed by atoms with Crippen molar-refractivity contribution in [1.82, 2.24) is 5.32 Å². The predicted molar refractivity (Wildman–Crippen MR) is 33.1 cm³/mol. The second kappa shape index (κ2) is 2.67. The molecule has 1 saturated heterocycles. The minimum absolute atomic E-state index is 0.168. The van der Waals surface area contributed by atoms with Crippen LogP contribution in [-0.2, 0) is 0 Å². The standard InChI is InChI=1S/C5H10ClNO/c6-2-4-1-5(8)3-7-4/h4-5,7-8H,1-3H2/t4-,5-/m1/s1. The van der Waals surface area contributed by atoms with E-state index in [-0.39, 0.29) is 6.10 Å². The maximum atomic E-state index is 8.91. The van der Waals surface area contributed by atoms with E-state index in [9.17, 15) is 0 Å². The van der Waals surface area contributed by atoms with Gasteiger partial charge in [0.15, 0.2) is 0 Å². The molecule has 48 valence electrons. The van der Waals surface area contributed by atoms with Gasteiger partial charge in [0.05, 0.1) is 6.10 Å². The van der Waals surface area contributed by atoms with Crippen molar-refractivity contribution in [2.75, 3.05) is 12.4 Å². The fourth-order valence-electron chi connectivity index (χ4n) is 0.915. The van der Waals surface area contributed by atoms with E-state index in [4.69, 9.17) is 16.7 Å². The average molecular weight is 136 g/mol. The van der Waals surface area contributed by atoms with Crippen molar-refractivity contribution in [2.24, 2.45) is 0 Å². The van der Waals surface area contributed by atoms with Gasteiger partial charge in [0.2, 0.25) is 0 Å². The van der Waals surface area contributed by atoms with E-state index in [1.54, 1.807) is 0 Å². The van der Waals surface area contributed by atoms with E-state index in [0.717, 1.165) is 6.42 Å². The topological polar surface area (TPSA) is 32.3 Å². The molecule has 0 aromatic carbocycles. The minimum atomic E-state index is -0.168. The predicted octanol–water partition coefficient (Wildman–Crippen LogP) is -0.0520. The molecule has 0 aromatic rings. The summed E-state index contributed by atoms with van der Waals surface area (Å²) in [5.74, 6) is 0.608. The SMILES string of the molecule is O[C@H]1CN[C@@H](CCl)C1. The van der Waals surface area contributed by atoms with Gasteiger partial charge in [0, 0.05) is 18.5 Å². The Bertz CT molecular complexity index is 78.8. The number of hydrogen-bond donors (Lipinski definition) is 2. The third-order valence-electron chi connectivity index (χ3n) is 1.39. The zero-order valence-electron chi connectivity index (χ0n) is 4.60. The number of alkyl halides is 1. The van der Waals surface area contributed by atoms with E-state index in [1.165, 1.54) is 0 Å². The molecule has 0 aliphatic carbocycles. The molecule has 3 heteroatoms. The summed E-state index contributed by atoms with van der Waals surface area (Å²) in [5.41, 5.74) is 0. The molecule has 2 nitrogen and oxygen atoms in total. The Hall–Kier alpha value is 0.210. The van der Waals surface area contributed by atoms with Crippen LogP contribution in [0.15, 0.2) is 0 Å². The quantitative estimate of drug-likeness (QED) is 0.494. The molecule has 1 heterocycles. The van der Waals surface area contributed by atoms with Crippen LogP contribution in [0.4, 0.5) is 0 Å². The summed E-state index contributed by atoms with van der Waals surface area (Å²) in [6.07, 6.45) is 0.641. The van der Waals surface area contributed by atoms with Crippen molar-refractivity contribution in [3.63, 3.8) is 0 Å². The van der Waals surface area contributed by atoms with E-state index in [2.05, 4.69) is 5.32 Å². The van der Waals surface area contributed by atoms with E-state index in [1.807, 2.05) is 0 Å². The molecule has 1 rings (SSSR count). The molecule has 2 atom stereocenters. The number of aliphatic hydroxyl groups excluding tert-OH is 1. The summed E-state index contributed by atoms with van der Waals surface area (Å²) in [4.78, 5) is 0. The van der Waals surface area contributed by atoms with Crippen LogP contribution in [0.3, 0.4) is 0 Å². The molecule has 0 aromatic heterocycles. The lowest BCUT2D eigenvalue weighted by atomic mass is 10.2. The highest BCUT2D eigenvalue weighted by molar-refractivity contribution is 6.18. The van der Waals surface area contributed by atoms with Crippen LogP contribution in [0.5, 0.6) is 0 Å². The Balaban J connectivity index is 2.22. The molecule has 0 unspecified atom stereocenters. The monoisotopic (exact) mass is 135 g/mol. The van der Waals surface area contributed by atoms with Gasteiger partial charge in [-0.05, 0) is 6.42 Å². The lowest BCUT2D eigenvalue weighted by Crippen LogP contribution is -2.22. The van der Waals surface area contributed by atoms with Gasteiger partial charge in [-0.25, -0.2) is 0 Å². The number of halogens is 1. The lowest BCUT2D eigenvalue weighted by Gasteiger charge is -2.00. The van der Waals surface area contributed by atoms with Crippen LogP contribution in [0.2, 0.25) is 0 Å². The average Bonchev–Trinajstić information content (AvgIpc) is 2.14. The first-order valence-electron chi connectivity index (χ1n) is 2.80. The first-order valence-corrected chi connectivity index (χ1v) is 3.34. The highest BCUT2D eigenvalue weighted by Gasteiger charge is 2.20. The third-order valence-corrected chi connectivity index (χ3v) is 1.76. The molecule has 1 aliphatic heterocycles. The first kappa shape index (κ1) is 6.33. The molecule has 0 saturated carbocycles. The van der Waals surface area contributed by atoms with Crippen molar-refractivity contribution in [1.29, 1.82) is 0 Å². The number of nitrogens with one attached hydrogen (secondary N) is 1. The number of β-amino-alcohol motifs (C(OH)–C–C–N with tert-alkyl or cyclic N) is 1. The Morgan fingerprint density at radius 1 is 1.75 bits per heavy atom. The Kier molecular flexibility index (Phi) is 2.11. The molecule has 1 fully saturated rings. The number of hydrogen-bond acceptors (Lipinski definition) is 2. The van der Waals surface area contributed by atoms with E-state index >= 15 is 0 Å². The Morgan fingerprint density at radius 2 is 2.50 bits per heavy atom. The highest BCUT2D eigenvalue weighted by atomic mass is 35.5. The van der Waals surface area contributed by atoms with Gasteiger partial charge >= 0.3 is 0 Å². The normalized spacial score (nSPS) is 38.2. The minimum Gasteiger partial charge on any atom is -0.392 e. The van der Waals surface area contributed by atoms with Crippen molar-refractivity contribution < 1.29 is 5.11 Å². The second-order valence-corrected chi connectivity index (χ2v) is 2.46. The summed E-state index contributed by atoms with van der Waals surface area (Å²) in [7, 11) is 0. The van der Waals surface area contributed by atoms with Crippen LogP contribution in [0.25, 0.3) is 0 Å². The van der Waals surface area contributed by atoms with E-state index < -0.39 is 0 Å². The maximum absolute atomic E-state index is 8.91. The third kappa shape index (κ3) is 1.34. The molecule has 0 spiro atoms. The molecule has 2 N–H and O–H groups in total. The Morgan fingerprint density at radius 3 is 2.75 bits per heavy atom. The van der Waals surface area contributed by atoms with Crippen molar-refractivity contribution in [3.8, 4) is 0 Å². The van der Waals surface area contributed by atoms with Gasteiger partial charge in [-0.1, -0.05) is 0 Å². The van der Waals surface area contributed by atoms with Crippen LogP contribution in [0, 0.1) is 0 Å². The van der Waals surface area contributed by atoms with Gasteiger partial charge in [0.1, 0.15) is 0 Å². The second-order valence-electron chi connectivity index (χ2n) is 2.15. The Labute approximate surface area is 53.8 Å². The van der Waals surface area contributed by atoms with Gasteiger partial charge in [0.25, 0.3) is 0 Å². The fourth-order valence-corrected chi connectivity index (χ4v) is 1.15. The van der Waals surface area contributed by atoms with Crippen LogP contribution < -0.4 is 5.32 Å². The van der Waals surface area contributed by atoms with Crippen molar-refractivity contribution in [3.05, 3.63) is 0 Å². The molecular formula is C5H10ClNO. The van der Waals surface area contributed by atoms with Crippen LogP contribution in [-0.4, -0.2) is 29.7 Å². The summed E-state index contributed by atoms with van der Waals surface area (Å²) in [6, 6.07) is 0.340. The lowest BCUT2D eigenvalue weighted by molar-refractivity contribution is 0.194. The fraction of sp³-hybridized carbons (Fsp3) is 1.00. The summed E-state index contributed by atoms with van der Waals surface area (Å²) in [6.45, 7) is 0.706. The molecule has 8 heavy (non-hydrogen) atoms. The zero-order chi connectivity index (χ0) is 5.98. The molecule has 0 radical (unpaired) electrons. The van der Waals surface area contributed by atoms with Crippen molar-refractivity contribution in [2.45, 2.75) is 18.6 Å². The summed E-state index contributed by atoms with van der Waals surface area (Å²) in [5, 5.41) is 12.0. The maximum Gasteiger partial charge on any atom is 0.0679 e. The summed E-state index contributed by atoms with van der Waals surface area (Å²) < 4.78 is 0. The molecule has 0 bridgehead atoms. The smallest absolute Gasteiger partial charge is 0.0679 e. The first-order chi connectivity index (χ1) is 3.83. The molecular weight excluding hydrogens is 126 g/mol. The van der Waals surface area contributed by atoms with E-state index in [0.29, 0.717) is 18.5 Å².